The molecule has 45 heavy (non-hydrogen) atoms. The Morgan fingerprint density at radius 2 is 1.13 bits per heavy atom. The van der Waals surface area contributed by atoms with Gasteiger partial charge in [0.1, 0.15) is 0 Å². The van der Waals surface area contributed by atoms with Crippen molar-refractivity contribution in [2.45, 2.75) is 5.41 Å². The van der Waals surface area contributed by atoms with E-state index in [0.29, 0.717) is 0 Å². The predicted molar refractivity (Wildman–Crippen MR) is 183 cm³/mol. The number of nitrogens with zero attached hydrogens (tertiary/aromatic N) is 3. The van der Waals surface area contributed by atoms with Crippen LogP contribution in [0.2, 0.25) is 0 Å². The summed E-state index contributed by atoms with van der Waals surface area (Å²) in [6.07, 6.45) is 5.66. The highest BCUT2D eigenvalue weighted by Gasteiger charge is 2.47. The molecular weight excluding hydrogens is 546 g/mol. The van der Waals surface area contributed by atoms with E-state index in [1.807, 2.05) is 30.7 Å². The molecule has 3 heterocycles. The molecule has 1 aliphatic rings. The van der Waals surface area contributed by atoms with E-state index in [9.17, 15) is 0 Å². The van der Waals surface area contributed by atoms with Crippen LogP contribution in [0, 0.1) is 0 Å². The maximum atomic E-state index is 5.31. The van der Waals surface area contributed by atoms with Crippen LogP contribution in [0.1, 0.15) is 22.3 Å². The zero-order valence-electron chi connectivity index (χ0n) is 24.4. The molecule has 0 radical (unpaired) electrons. The van der Waals surface area contributed by atoms with Crippen LogP contribution in [-0.4, -0.2) is 15.0 Å². The van der Waals surface area contributed by atoms with Crippen molar-refractivity contribution in [1.82, 2.24) is 15.0 Å². The second-order valence-corrected chi connectivity index (χ2v) is 11.6. The third-order valence-corrected chi connectivity index (χ3v) is 9.28. The quantitative estimate of drug-likeness (QED) is 0.197. The number of hydrogen-bond donors (Lipinski definition) is 0. The van der Waals surface area contributed by atoms with Crippen molar-refractivity contribution in [3.05, 3.63) is 186 Å². The molecule has 0 aliphatic heterocycles. The van der Waals surface area contributed by atoms with Gasteiger partial charge in [0.05, 0.1) is 22.1 Å². The smallest absolute Gasteiger partial charge is 0.0972 e. The number of benzene rings is 5. The number of aromatic nitrogens is 3. The molecule has 9 rings (SSSR count). The Morgan fingerprint density at radius 1 is 0.444 bits per heavy atom. The van der Waals surface area contributed by atoms with E-state index in [0.717, 1.165) is 44.2 Å². The summed E-state index contributed by atoms with van der Waals surface area (Å²) in [6, 6.07) is 52.1. The molecule has 0 atom stereocenters. The van der Waals surface area contributed by atoms with Gasteiger partial charge in [0.25, 0.3) is 0 Å². The van der Waals surface area contributed by atoms with Crippen molar-refractivity contribution >= 4 is 21.8 Å². The second-order valence-electron chi connectivity index (χ2n) is 11.6. The van der Waals surface area contributed by atoms with Gasteiger partial charge in [0.15, 0.2) is 0 Å². The summed E-state index contributed by atoms with van der Waals surface area (Å²) >= 11 is 0. The Bertz CT molecular complexity index is 2330. The molecule has 8 aromatic rings. The van der Waals surface area contributed by atoms with Crippen molar-refractivity contribution in [1.29, 1.82) is 0 Å². The standard InChI is InChI=1S/C42H27N3/c1-3-13-31(14-4-1)42(32-15-5-2-6-16-32)35-18-8-7-17-33(35)39-36(42)23-22-34(38(39)30-12-9-25-43-27-30)37-24-21-29-20-19-28-11-10-26-44-40(28)41(29)45-37/h1-27H. The molecule has 0 fully saturated rings. The van der Waals surface area contributed by atoms with Crippen LogP contribution >= 0.6 is 0 Å². The third kappa shape index (κ3) is 3.74. The van der Waals surface area contributed by atoms with E-state index in [2.05, 4.69) is 138 Å². The maximum Gasteiger partial charge on any atom is 0.0972 e. The number of fused-ring (bicyclic) bond motifs is 6. The molecular formula is C42H27N3. The fourth-order valence-corrected chi connectivity index (χ4v) is 7.43. The van der Waals surface area contributed by atoms with Crippen molar-refractivity contribution in [3.8, 4) is 33.5 Å². The second kappa shape index (κ2) is 10.1. The van der Waals surface area contributed by atoms with Crippen molar-refractivity contribution in [2.24, 2.45) is 0 Å². The van der Waals surface area contributed by atoms with Crippen LogP contribution in [0.25, 0.3) is 55.3 Å². The van der Waals surface area contributed by atoms with Crippen molar-refractivity contribution in [2.75, 3.05) is 0 Å². The molecule has 0 amide bonds. The highest BCUT2D eigenvalue weighted by molar-refractivity contribution is 6.05. The summed E-state index contributed by atoms with van der Waals surface area (Å²) in [6.45, 7) is 0. The van der Waals surface area contributed by atoms with Crippen LogP contribution < -0.4 is 0 Å². The summed E-state index contributed by atoms with van der Waals surface area (Å²) in [5.74, 6) is 0. The highest BCUT2D eigenvalue weighted by atomic mass is 14.8. The average Bonchev–Trinajstić information content (AvgIpc) is 3.43. The average molecular weight is 574 g/mol. The Kier molecular flexibility index (Phi) is 5.72. The molecule has 0 N–H and O–H groups in total. The summed E-state index contributed by atoms with van der Waals surface area (Å²) in [7, 11) is 0. The van der Waals surface area contributed by atoms with Crippen LogP contribution in [-0.2, 0) is 5.41 Å². The maximum absolute atomic E-state index is 5.31. The predicted octanol–water partition coefficient (Wildman–Crippen LogP) is 9.88. The molecule has 0 spiro atoms. The fourth-order valence-electron chi connectivity index (χ4n) is 7.43. The SMILES string of the molecule is c1ccc(C2(c3ccccc3)c3ccccc3-c3c2ccc(-c2ccc4ccc5cccnc5c4n2)c3-c2cccnc2)cc1. The Hall–Kier alpha value is -5.93. The van der Waals surface area contributed by atoms with Gasteiger partial charge in [-0.1, -0.05) is 127 Å². The molecule has 5 aromatic carbocycles. The van der Waals surface area contributed by atoms with Gasteiger partial charge in [-0.15, -0.1) is 0 Å². The lowest BCUT2D eigenvalue weighted by Gasteiger charge is -2.34. The van der Waals surface area contributed by atoms with Crippen LogP contribution in [0.15, 0.2) is 164 Å². The minimum atomic E-state index is -0.485. The molecule has 0 saturated carbocycles. The van der Waals surface area contributed by atoms with Crippen LogP contribution in [0.5, 0.6) is 0 Å². The van der Waals surface area contributed by atoms with Gasteiger partial charge in [0, 0.05) is 46.1 Å². The van der Waals surface area contributed by atoms with Gasteiger partial charge in [-0.05, 0) is 51.6 Å². The molecule has 0 unspecified atom stereocenters. The van der Waals surface area contributed by atoms with Gasteiger partial charge in [0.2, 0.25) is 0 Å². The lowest BCUT2D eigenvalue weighted by atomic mass is 9.67. The Labute approximate surface area is 261 Å². The fraction of sp³-hybridized carbons (Fsp3) is 0.0238. The van der Waals surface area contributed by atoms with Crippen LogP contribution in [0.4, 0.5) is 0 Å². The van der Waals surface area contributed by atoms with E-state index in [-0.39, 0.29) is 0 Å². The topological polar surface area (TPSA) is 38.7 Å². The molecule has 210 valence electrons. The highest BCUT2D eigenvalue weighted by Crippen LogP contribution is 2.59. The van der Waals surface area contributed by atoms with E-state index in [4.69, 9.17) is 9.97 Å². The van der Waals surface area contributed by atoms with E-state index < -0.39 is 5.41 Å². The van der Waals surface area contributed by atoms with E-state index >= 15 is 0 Å². The van der Waals surface area contributed by atoms with E-state index in [1.54, 1.807) is 0 Å². The Morgan fingerprint density at radius 3 is 1.89 bits per heavy atom. The number of pyridine rings is 3. The normalized spacial score (nSPS) is 13.1. The summed E-state index contributed by atoms with van der Waals surface area (Å²) < 4.78 is 0. The first-order chi connectivity index (χ1) is 22.3. The van der Waals surface area contributed by atoms with Crippen molar-refractivity contribution in [3.63, 3.8) is 0 Å². The first kappa shape index (κ1) is 25.6. The van der Waals surface area contributed by atoms with Crippen LogP contribution in [0.3, 0.4) is 0 Å². The molecule has 3 nitrogen and oxygen atoms in total. The summed E-state index contributed by atoms with van der Waals surface area (Å²) in [5.41, 5.74) is 13.0. The zero-order valence-corrected chi connectivity index (χ0v) is 24.4. The van der Waals surface area contributed by atoms with Crippen molar-refractivity contribution < 1.29 is 0 Å². The molecule has 0 bridgehead atoms. The molecule has 3 aromatic heterocycles. The monoisotopic (exact) mass is 573 g/mol. The van der Waals surface area contributed by atoms with E-state index in [1.165, 1.54) is 33.4 Å². The molecule has 1 aliphatic carbocycles. The Balaban J connectivity index is 1.42. The summed E-state index contributed by atoms with van der Waals surface area (Å²) in [4.78, 5) is 14.6. The first-order valence-corrected chi connectivity index (χ1v) is 15.3. The minimum Gasteiger partial charge on any atom is -0.264 e. The summed E-state index contributed by atoms with van der Waals surface area (Å²) in [5, 5.41) is 2.16. The zero-order chi connectivity index (χ0) is 29.8. The molecule has 0 saturated heterocycles. The molecule has 3 heteroatoms. The first-order valence-electron chi connectivity index (χ1n) is 15.3. The van der Waals surface area contributed by atoms with Gasteiger partial charge >= 0.3 is 0 Å². The minimum absolute atomic E-state index is 0.485. The number of hydrogen-bond acceptors (Lipinski definition) is 3. The van der Waals surface area contributed by atoms with Gasteiger partial charge in [-0.3, -0.25) is 9.97 Å². The van der Waals surface area contributed by atoms with Gasteiger partial charge in [-0.25, -0.2) is 4.98 Å². The third-order valence-electron chi connectivity index (χ3n) is 9.28. The van der Waals surface area contributed by atoms with Gasteiger partial charge < -0.3 is 0 Å². The largest absolute Gasteiger partial charge is 0.264 e. The lowest BCUT2D eigenvalue weighted by molar-refractivity contribution is 0.768. The lowest BCUT2D eigenvalue weighted by Crippen LogP contribution is -2.28. The van der Waals surface area contributed by atoms with Gasteiger partial charge in [-0.2, -0.15) is 0 Å². The number of rotatable bonds is 4.